The van der Waals surface area contributed by atoms with E-state index in [1.165, 1.54) is 12.8 Å². The molecule has 1 aliphatic carbocycles. The van der Waals surface area contributed by atoms with Gasteiger partial charge in [0.2, 0.25) is 10.0 Å². The largest absolute Gasteiger partial charge is 0.381 e. The molecule has 3 fully saturated rings. The van der Waals surface area contributed by atoms with E-state index in [0.717, 1.165) is 26.1 Å². The summed E-state index contributed by atoms with van der Waals surface area (Å²) in [5, 5.41) is 0. The Morgan fingerprint density at radius 3 is 2.60 bits per heavy atom. The molecule has 116 valence electrons. The van der Waals surface area contributed by atoms with Gasteiger partial charge in [0.1, 0.15) is 0 Å². The molecule has 1 spiro atoms. The summed E-state index contributed by atoms with van der Waals surface area (Å²) < 4.78 is 37.4. The number of hydrogen-bond donors (Lipinski definition) is 0. The molecule has 3 rings (SSSR count). The molecular weight excluding hydrogens is 278 g/mol. The normalized spacial score (nSPS) is 30.4. The van der Waals surface area contributed by atoms with Crippen molar-refractivity contribution in [3.05, 3.63) is 0 Å². The predicted molar refractivity (Wildman–Crippen MR) is 76.0 cm³/mol. The van der Waals surface area contributed by atoms with Crippen molar-refractivity contribution in [1.82, 2.24) is 4.31 Å². The van der Waals surface area contributed by atoms with Crippen LogP contribution in [0.4, 0.5) is 0 Å². The molecule has 0 aromatic heterocycles. The van der Waals surface area contributed by atoms with E-state index >= 15 is 0 Å². The van der Waals surface area contributed by atoms with Crippen LogP contribution in [0.15, 0.2) is 0 Å². The summed E-state index contributed by atoms with van der Waals surface area (Å²) in [7, 11) is -3.16. The van der Waals surface area contributed by atoms with Gasteiger partial charge in [-0.3, -0.25) is 0 Å². The zero-order valence-corrected chi connectivity index (χ0v) is 13.0. The molecule has 5 nitrogen and oxygen atoms in total. The van der Waals surface area contributed by atoms with Crippen LogP contribution in [0, 0.1) is 11.3 Å². The Labute approximate surface area is 121 Å². The summed E-state index contributed by atoms with van der Waals surface area (Å²) in [6.45, 7) is 5.05. The van der Waals surface area contributed by atoms with Crippen LogP contribution in [0.1, 0.15) is 32.6 Å². The minimum Gasteiger partial charge on any atom is -0.381 e. The fraction of sp³-hybridized carbons (Fsp3) is 1.00. The fourth-order valence-electron chi connectivity index (χ4n) is 3.77. The van der Waals surface area contributed by atoms with Crippen LogP contribution in [0.5, 0.6) is 0 Å². The van der Waals surface area contributed by atoms with Crippen molar-refractivity contribution in [2.24, 2.45) is 11.3 Å². The predicted octanol–water partition coefficient (Wildman–Crippen LogP) is 1.24. The van der Waals surface area contributed by atoms with Crippen molar-refractivity contribution in [3.63, 3.8) is 0 Å². The van der Waals surface area contributed by atoms with E-state index < -0.39 is 10.0 Å². The van der Waals surface area contributed by atoms with Crippen molar-refractivity contribution in [2.45, 2.75) is 38.6 Å². The third-order valence-electron chi connectivity index (χ3n) is 5.01. The van der Waals surface area contributed by atoms with E-state index in [1.54, 1.807) is 4.31 Å². The molecule has 2 heterocycles. The molecule has 0 radical (unpaired) electrons. The lowest BCUT2D eigenvalue weighted by Gasteiger charge is -2.58. The van der Waals surface area contributed by atoms with E-state index in [1.807, 2.05) is 6.92 Å². The summed E-state index contributed by atoms with van der Waals surface area (Å²) in [5.41, 5.74) is 0.206. The van der Waals surface area contributed by atoms with Gasteiger partial charge in [-0.15, -0.1) is 0 Å². The van der Waals surface area contributed by atoms with Gasteiger partial charge in [-0.25, -0.2) is 8.42 Å². The number of sulfonamides is 1. The molecule has 20 heavy (non-hydrogen) atoms. The Hall–Kier alpha value is -0.170. The first-order valence-electron chi connectivity index (χ1n) is 7.74. The monoisotopic (exact) mass is 303 g/mol. The number of ether oxygens (including phenoxy) is 2. The average Bonchev–Trinajstić information content (AvgIpc) is 3.22. The minimum absolute atomic E-state index is 0.122. The standard InChI is InChI=1S/C14H25NO4S/c1-2-18-9-10-20(16,17)15-11-14(5-7-19-8-6-14)13(15)12-3-4-12/h12-13H,2-11H2,1H3/t13-/m0/s1. The van der Waals surface area contributed by atoms with Gasteiger partial charge in [-0.1, -0.05) is 0 Å². The third kappa shape index (κ3) is 2.63. The van der Waals surface area contributed by atoms with Crippen molar-refractivity contribution < 1.29 is 17.9 Å². The quantitative estimate of drug-likeness (QED) is 0.693. The van der Waals surface area contributed by atoms with Gasteiger partial charge in [0.05, 0.1) is 12.4 Å². The van der Waals surface area contributed by atoms with E-state index in [4.69, 9.17) is 9.47 Å². The first-order valence-corrected chi connectivity index (χ1v) is 9.35. The molecule has 3 aliphatic rings. The maximum absolute atomic E-state index is 12.5. The van der Waals surface area contributed by atoms with Crippen LogP contribution < -0.4 is 0 Å². The number of nitrogens with zero attached hydrogens (tertiary/aromatic N) is 1. The highest BCUT2D eigenvalue weighted by Crippen LogP contribution is 2.55. The molecule has 0 unspecified atom stereocenters. The summed E-state index contributed by atoms with van der Waals surface area (Å²) in [6.07, 6.45) is 4.41. The third-order valence-corrected chi connectivity index (χ3v) is 6.77. The Bertz CT molecular complexity index is 440. The average molecular weight is 303 g/mol. The second-order valence-corrected chi connectivity index (χ2v) is 8.36. The van der Waals surface area contributed by atoms with E-state index in [2.05, 4.69) is 0 Å². The summed E-state index contributed by atoms with van der Waals surface area (Å²) in [5.74, 6) is 0.708. The Morgan fingerprint density at radius 1 is 1.30 bits per heavy atom. The van der Waals surface area contributed by atoms with Crippen molar-refractivity contribution in [3.8, 4) is 0 Å². The lowest BCUT2D eigenvalue weighted by atomic mass is 9.66. The second kappa shape index (κ2) is 5.55. The number of rotatable bonds is 6. The van der Waals surface area contributed by atoms with Crippen LogP contribution in [-0.2, 0) is 19.5 Å². The molecule has 6 heteroatoms. The van der Waals surface area contributed by atoms with Crippen molar-refractivity contribution in [2.75, 3.05) is 38.7 Å². The first-order chi connectivity index (χ1) is 9.59. The van der Waals surface area contributed by atoms with Gasteiger partial charge in [0, 0.05) is 37.8 Å². The lowest BCUT2D eigenvalue weighted by Crippen LogP contribution is -2.68. The Kier molecular flexibility index (Phi) is 4.10. The smallest absolute Gasteiger partial charge is 0.216 e. The fourth-order valence-corrected chi connectivity index (χ4v) is 5.53. The van der Waals surface area contributed by atoms with Gasteiger partial charge in [-0.2, -0.15) is 4.31 Å². The van der Waals surface area contributed by atoms with Crippen LogP contribution in [0.25, 0.3) is 0 Å². The maximum atomic E-state index is 12.5. The van der Waals surface area contributed by atoms with Gasteiger partial charge in [0.15, 0.2) is 0 Å². The van der Waals surface area contributed by atoms with Gasteiger partial charge >= 0.3 is 0 Å². The first kappa shape index (κ1) is 14.8. The molecule has 2 saturated heterocycles. The van der Waals surface area contributed by atoms with Crippen molar-refractivity contribution in [1.29, 1.82) is 0 Å². The highest BCUT2D eigenvalue weighted by molar-refractivity contribution is 7.89. The molecule has 0 amide bonds. The SMILES string of the molecule is CCOCCS(=O)(=O)N1CC2(CCOCC2)[C@@H]1C1CC1. The molecule has 0 N–H and O–H groups in total. The highest BCUT2D eigenvalue weighted by Gasteiger charge is 2.61. The van der Waals surface area contributed by atoms with Crippen LogP contribution >= 0.6 is 0 Å². The van der Waals surface area contributed by atoms with E-state index in [9.17, 15) is 8.42 Å². The van der Waals surface area contributed by atoms with Gasteiger partial charge in [0.25, 0.3) is 0 Å². The zero-order valence-electron chi connectivity index (χ0n) is 12.2. The summed E-state index contributed by atoms with van der Waals surface area (Å²) in [6, 6.07) is 0.234. The second-order valence-electron chi connectivity index (χ2n) is 6.32. The molecule has 0 aromatic rings. The van der Waals surface area contributed by atoms with Crippen LogP contribution in [0.2, 0.25) is 0 Å². The van der Waals surface area contributed by atoms with E-state index in [-0.39, 0.29) is 17.2 Å². The maximum Gasteiger partial charge on any atom is 0.216 e. The minimum atomic E-state index is -3.16. The topological polar surface area (TPSA) is 55.8 Å². The van der Waals surface area contributed by atoms with Gasteiger partial charge < -0.3 is 9.47 Å². The molecule has 0 aromatic carbocycles. The van der Waals surface area contributed by atoms with Crippen LogP contribution in [-0.4, -0.2) is 57.5 Å². The van der Waals surface area contributed by atoms with Crippen molar-refractivity contribution >= 4 is 10.0 Å². The summed E-state index contributed by atoms with van der Waals surface area (Å²) in [4.78, 5) is 0. The summed E-state index contributed by atoms with van der Waals surface area (Å²) >= 11 is 0. The molecule has 2 aliphatic heterocycles. The van der Waals surface area contributed by atoms with Crippen LogP contribution in [0.3, 0.4) is 0 Å². The highest BCUT2D eigenvalue weighted by atomic mass is 32.2. The Balaban J connectivity index is 1.68. The molecule has 0 bridgehead atoms. The number of hydrogen-bond acceptors (Lipinski definition) is 4. The molecule has 1 atom stereocenters. The van der Waals surface area contributed by atoms with E-state index in [0.29, 0.717) is 25.7 Å². The molecular formula is C14H25NO4S. The molecule has 1 saturated carbocycles. The Morgan fingerprint density at radius 2 is 2.00 bits per heavy atom. The zero-order chi connectivity index (χ0) is 14.2. The van der Waals surface area contributed by atoms with Gasteiger partial charge in [-0.05, 0) is 38.5 Å². The lowest BCUT2D eigenvalue weighted by molar-refractivity contribution is -0.101.